The van der Waals surface area contributed by atoms with Gasteiger partial charge in [-0.15, -0.1) is 24.8 Å². The molecule has 0 aromatic carbocycles. The molecule has 122 valence electrons. The molecule has 0 saturated carbocycles. The summed E-state index contributed by atoms with van der Waals surface area (Å²) in [5.74, 6) is 0.168. The number of hydrogen-bond acceptors (Lipinski definition) is 4. The number of rotatable bonds is 7. The maximum absolute atomic E-state index is 12.1. The molecule has 7 heteroatoms. The second-order valence-electron chi connectivity index (χ2n) is 4.80. The van der Waals surface area contributed by atoms with Crippen molar-refractivity contribution in [1.82, 2.24) is 9.80 Å². The fourth-order valence-corrected chi connectivity index (χ4v) is 2.59. The predicted octanol–water partition coefficient (Wildman–Crippen LogP) is 1.14. The largest absolute Gasteiger partial charge is 0.380 e. The Morgan fingerprint density at radius 3 is 2.45 bits per heavy atom. The summed E-state index contributed by atoms with van der Waals surface area (Å²) in [5, 5.41) is 0. The van der Waals surface area contributed by atoms with Gasteiger partial charge in [0.05, 0.1) is 12.5 Å². The number of nitrogens with two attached hydrogens (primary N) is 1. The van der Waals surface area contributed by atoms with Gasteiger partial charge in [-0.05, 0) is 19.5 Å². The van der Waals surface area contributed by atoms with Crippen LogP contribution in [0.3, 0.4) is 0 Å². The Labute approximate surface area is 135 Å². The molecular formula is C13H29Cl2N3O2. The van der Waals surface area contributed by atoms with Crippen LogP contribution in [0.4, 0.5) is 0 Å². The number of halogens is 2. The molecule has 1 fully saturated rings. The van der Waals surface area contributed by atoms with Crippen LogP contribution in [-0.2, 0) is 9.53 Å². The minimum atomic E-state index is -0.148. The lowest BCUT2D eigenvalue weighted by molar-refractivity contribution is -0.132. The van der Waals surface area contributed by atoms with Crippen molar-refractivity contribution in [1.29, 1.82) is 0 Å². The number of carbonyl (C=O) groups excluding carboxylic acids is 1. The molecule has 0 bridgehead atoms. The van der Waals surface area contributed by atoms with Crippen LogP contribution in [0.15, 0.2) is 0 Å². The Morgan fingerprint density at radius 2 is 2.00 bits per heavy atom. The summed E-state index contributed by atoms with van der Waals surface area (Å²) >= 11 is 0. The Balaban J connectivity index is 0. The lowest BCUT2D eigenvalue weighted by Crippen LogP contribution is -2.40. The van der Waals surface area contributed by atoms with E-state index >= 15 is 0 Å². The molecule has 0 aromatic rings. The summed E-state index contributed by atoms with van der Waals surface area (Å²) in [6, 6.07) is 0.517. The van der Waals surface area contributed by atoms with Gasteiger partial charge in [-0.25, -0.2) is 0 Å². The second-order valence-corrected chi connectivity index (χ2v) is 4.80. The highest BCUT2D eigenvalue weighted by atomic mass is 35.5. The van der Waals surface area contributed by atoms with E-state index in [1.165, 1.54) is 0 Å². The molecule has 0 radical (unpaired) electrons. The second kappa shape index (κ2) is 11.6. The third-order valence-electron chi connectivity index (χ3n) is 3.84. The molecule has 2 N–H and O–H groups in total. The molecule has 2 unspecified atom stereocenters. The van der Waals surface area contributed by atoms with E-state index in [0.717, 1.165) is 32.6 Å². The summed E-state index contributed by atoms with van der Waals surface area (Å²) in [6.45, 7) is 8.55. The van der Waals surface area contributed by atoms with Crippen LogP contribution < -0.4 is 5.73 Å². The molecule has 1 rings (SSSR count). The number of hydrogen-bond donors (Lipinski definition) is 1. The van der Waals surface area contributed by atoms with Crippen molar-refractivity contribution in [2.24, 2.45) is 5.73 Å². The average molecular weight is 330 g/mol. The number of likely N-dealkylation sites (tertiary alicyclic amines) is 1. The van der Waals surface area contributed by atoms with Crippen molar-refractivity contribution in [3.8, 4) is 0 Å². The minimum Gasteiger partial charge on any atom is -0.380 e. The zero-order valence-electron chi connectivity index (χ0n) is 12.7. The number of likely N-dealkylation sites (N-methyl/N-ethyl adjacent to an activating group) is 1. The molecule has 1 heterocycles. The maximum Gasteiger partial charge on any atom is 0.225 e. The number of amides is 1. The number of carbonyl (C=O) groups is 1. The van der Waals surface area contributed by atoms with E-state index in [1.807, 2.05) is 4.90 Å². The highest BCUT2D eigenvalue weighted by molar-refractivity contribution is 5.85. The fraction of sp³-hybridized carbons (Fsp3) is 0.923. The summed E-state index contributed by atoms with van der Waals surface area (Å²) in [7, 11) is 1.60. The third-order valence-corrected chi connectivity index (χ3v) is 3.84. The normalized spacial score (nSPS) is 19.4. The molecule has 0 aromatic heterocycles. The summed E-state index contributed by atoms with van der Waals surface area (Å²) in [6.07, 6.45) is 1.33. The lowest BCUT2D eigenvalue weighted by Gasteiger charge is -2.26. The summed E-state index contributed by atoms with van der Waals surface area (Å²) in [4.78, 5) is 16.5. The van der Waals surface area contributed by atoms with Crippen LogP contribution in [0.5, 0.6) is 0 Å². The SMILES string of the molecule is CCN(CC)C1CCN(C(=O)CC(CN)OC)C1.Cl.Cl. The average Bonchev–Trinajstić information content (AvgIpc) is 2.87. The maximum atomic E-state index is 12.1. The molecule has 1 aliphatic heterocycles. The van der Waals surface area contributed by atoms with Crippen molar-refractivity contribution >= 4 is 30.7 Å². The molecule has 20 heavy (non-hydrogen) atoms. The highest BCUT2D eigenvalue weighted by Crippen LogP contribution is 2.16. The first-order chi connectivity index (χ1) is 8.65. The molecule has 5 nitrogen and oxygen atoms in total. The zero-order valence-corrected chi connectivity index (χ0v) is 14.3. The number of methoxy groups -OCH3 is 1. The van der Waals surface area contributed by atoms with Gasteiger partial charge >= 0.3 is 0 Å². The quantitative estimate of drug-likeness (QED) is 0.760. The number of ether oxygens (including phenoxy) is 1. The van der Waals surface area contributed by atoms with E-state index in [4.69, 9.17) is 10.5 Å². The third kappa shape index (κ3) is 6.14. The molecule has 2 atom stereocenters. The topological polar surface area (TPSA) is 58.8 Å². The van der Waals surface area contributed by atoms with Gasteiger partial charge in [0, 0.05) is 32.8 Å². The lowest BCUT2D eigenvalue weighted by atomic mass is 10.2. The first kappa shape index (κ1) is 22.2. The zero-order chi connectivity index (χ0) is 13.5. The monoisotopic (exact) mass is 329 g/mol. The molecule has 1 aliphatic rings. The summed E-state index contributed by atoms with van der Waals surface area (Å²) < 4.78 is 5.16. The van der Waals surface area contributed by atoms with E-state index in [1.54, 1.807) is 7.11 Å². The van der Waals surface area contributed by atoms with E-state index in [-0.39, 0.29) is 36.8 Å². The smallest absolute Gasteiger partial charge is 0.225 e. The fourth-order valence-electron chi connectivity index (χ4n) is 2.59. The Bertz CT molecular complexity index is 262. The van der Waals surface area contributed by atoms with Crippen LogP contribution in [0.25, 0.3) is 0 Å². The first-order valence-corrected chi connectivity index (χ1v) is 6.90. The molecule has 0 spiro atoms. The molecular weight excluding hydrogens is 301 g/mol. The van der Waals surface area contributed by atoms with Crippen LogP contribution in [0.1, 0.15) is 26.7 Å². The van der Waals surface area contributed by atoms with Crippen LogP contribution >= 0.6 is 24.8 Å². The van der Waals surface area contributed by atoms with Crippen molar-refractivity contribution in [2.45, 2.75) is 38.8 Å². The predicted molar refractivity (Wildman–Crippen MR) is 86.9 cm³/mol. The molecule has 0 aliphatic carbocycles. The van der Waals surface area contributed by atoms with Gasteiger partial charge in [-0.2, -0.15) is 0 Å². The van der Waals surface area contributed by atoms with Gasteiger partial charge in [0.25, 0.3) is 0 Å². The molecule has 1 saturated heterocycles. The Hall–Kier alpha value is -0.0700. The van der Waals surface area contributed by atoms with E-state index < -0.39 is 0 Å². The Kier molecular flexibility index (Phi) is 12.9. The van der Waals surface area contributed by atoms with Crippen molar-refractivity contribution in [2.75, 3.05) is 39.8 Å². The standard InChI is InChI=1S/C13H27N3O2.2ClH/c1-4-15(5-2)11-6-7-16(10-11)13(17)8-12(9-14)18-3;;/h11-12H,4-10,14H2,1-3H3;2*1H. The minimum absolute atomic E-state index is 0. The van der Waals surface area contributed by atoms with Gasteiger partial charge in [0.1, 0.15) is 0 Å². The van der Waals surface area contributed by atoms with E-state index in [0.29, 0.717) is 19.0 Å². The van der Waals surface area contributed by atoms with Crippen molar-refractivity contribution in [3.05, 3.63) is 0 Å². The van der Waals surface area contributed by atoms with Gasteiger partial charge in [-0.3, -0.25) is 9.69 Å². The highest BCUT2D eigenvalue weighted by Gasteiger charge is 2.29. The summed E-state index contributed by atoms with van der Waals surface area (Å²) in [5.41, 5.74) is 5.54. The van der Waals surface area contributed by atoms with Gasteiger partial charge < -0.3 is 15.4 Å². The first-order valence-electron chi connectivity index (χ1n) is 6.90. The van der Waals surface area contributed by atoms with Crippen LogP contribution in [0, 0.1) is 0 Å². The van der Waals surface area contributed by atoms with Crippen LogP contribution in [-0.4, -0.2) is 67.7 Å². The van der Waals surface area contributed by atoms with E-state index in [9.17, 15) is 4.79 Å². The van der Waals surface area contributed by atoms with Gasteiger partial charge in [-0.1, -0.05) is 13.8 Å². The van der Waals surface area contributed by atoms with Gasteiger partial charge in [0.2, 0.25) is 5.91 Å². The van der Waals surface area contributed by atoms with Gasteiger partial charge in [0.15, 0.2) is 0 Å². The van der Waals surface area contributed by atoms with Crippen LogP contribution in [0.2, 0.25) is 0 Å². The van der Waals surface area contributed by atoms with Crippen molar-refractivity contribution < 1.29 is 9.53 Å². The molecule has 1 amide bonds. The van der Waals surface area contributed by atoms with Crippen molar-refractivity contribution in [3.63, 3.8) is 0 Å². The van der Waals surface area contributed by atoms with E-state index in [2.05, 4.69) is 18.7 Å². The Morgan fingerprint density at radius 1 is 1.40 bits per heavy atom. The number of nitrogens with zero attached hydrogens (tertiary/aromatic N) is 2.